The second-order valence-corrected chi connectivity index (χ2v) is 5.02. The third-order valence-electron chi connectivity index (χ3n) is 1.86. The first-order valence-corrected chi connectivity index (χ1v) is 6.60. The number of hydrogen-bond acceptors (Lipinski definition) is 3. The molecule has 0 spiro atoms. The molecular formula is C10H15BrN2OS. The van der Waals surface area contributed by atoms with Crippen LogP contribution in [0.5, 0.6) is 0 Å². The zero-order valence-electron chi connectivity index (χ0n) is 8.68. The Balaban J connectivity index is 2.16. The number of amides is 1. The number of halogens is 1. The Morgan fingerprint density at radius 2 is 2.40 bits per heavy atom. The summed E-state index contributed by atoms with van der Waals surface area (Å²) in [5, 5.41) is 8.01. The second kappa shape index (κ2) is 6.98. The van der Waals surface area contributed by atoms with Crippen molar-refractivity contribution in [1.29, 1.82) is 0 Å². The number of carbonyl (C=O) groups is 1. The summed E-state index contributed by atoms with van der Waals surface area (Å²) < 4.78 is 1.07. The molecule has 3 nitrogen and oxygen atoms in total. The van der Waals surface area contributed by atoms with E-state index in [-0.39, 0.29) is 5.91 Å². The molecule has 0 unspecified atom stereocenters. The van der Waals surface area contributed by atoms with Crippen LogP contribution in [-0.2, 0) is 11.3 Å². The normalized spacial score (nSPS) is 10.3. The van der Waals surface area contributed by atoms with E-state index >= 15 is 0 Å². The van der Waals surface area contributed by atoms with Crippen LogP contribution in [0.2, 0.25) is 0 Å². The standard InChI is InChI=1S/C10H15BrN2OS/c1-2-12-4-3-10(14)13-6-9-5-8(11)7-15-9/h5,7,12H,2-4,6H2,1H3,(H,13,14). The van der Waals surface area contributed by atoms with Gasteiger partial charge in [0.1, 0.15) is 0 Å². The number of rotatable bonds is 6. The van der Waals surface area contributed by atoms with E-state index in [1.807, 2.05) is 18.4 Å². The molecule has 1 aromatic rings. The molecule has 0 aromatic carbocycles. The maximum atomic E-state index is 11.3. The van der Waals surface area contributed by atoms with Crippen LogP contribution in [0, 0.1) is 0 Å². The Labute approximate surface area is 102 Å². The van der Waals surface area contributed by atoms with E-state index in [1.54, 1.807) is 11.3 Å². The van der Waals surface area contributed by atoms with E-state index in [0.29, 0.717) is 13.0 Å². The molecule has 0 saturated heterocycles. The summed E-state index contributed by atoms with van der Waals surface area (Å²) >= 11 is 5.02. The van der Waals surface area contributed by atoms with Crippen LogP contribution in [-0.4, -0.2) is 19.0 Å². The summed E-state index contributed by atoms with van der Waals surface area (Å²) in [7, 11) is 0. The average Bonchev–Trinajstić information content (AvgIpc) is 2.62. The SMILES string of the molecule is CCNCCC(=O)NCc1cc(Br)cs1. The molecule has 0 fully saturated rings. The minimum atomic E-state index is 0.0977. The van der Waals surface area contributed by atoms with Gasteiger partial charge in [-0.15, -0.1) is 11.3 Å². The van der Waals surface area contributed by atoms with Gasteiger partial charge < -0.3 is 10.6 Å². The Bertz CT molecular complexity index is 314. The minimum Gasteiger partial charge on any atom is -0.351 e. The van der Waals surface area contributed by atoms with Crippen molar-refractivity contribution < 1.29 is 4.79 Å². The fourth-order valence-corrected chi connectivity index (χ4v) is 2.49. The summed E-state index contributed by atoms with van der Waals surface area (Å²) in [4.78, 5) is 12.5. The molecule has 0 bridgehead atoms. The average molecular weight is 291 g/mol. The van der Waals surface area contributed by atoms with E-state index < -0.39 is 0 Å². The van der Waals surface area contributed by atoms with Crippen molar-refractivity contribution in [2.75, 3.05) is 13.1 Å². The Kier molecular flexibility index (Phi) is 5.90. The quantitative estimate of drug-likeness (QED) is 0.788. The highest BCUT2D eigenvalue weighted by molar-refractivity contribution is 9.10. The molecule has 15 heavy (non-hydrogen) atoms. The summed E-state index contributed by atoms with van der Waals surface area (Å²) in [5.41, 5.74) is 0. The van der Waals surface area contributed by atoms with Crippen molar-refractivity contribution in [3.63, 3.8) is 0 Å². The molecule has 84 valence electrons. The number of hydrogen-bond donors (Lipinski definition) is 2. The smallest absolute Gasteiger partial charge is 0.221 e. The maximum absolute atomic E-state index is 11.3. The van der Waals surface area contributed by atoms with Crippen LogP contribution >= 0.6 is 27.3 Å². The highest BCUT2D eigenvalue weighted by atomic mass is 79.9. The van der Waals surface area contributed by atoms with Crippen molar-refractivity contribution in [2.45, 2.75) is 19.9 Å². The van der Waals surface area contributed by atoms with Gasteiger partial charge in [0.25, 0.3) is 0 Å². The molecule has 0 saturated carbocycles. The van der Waals surface area contributed by atoms with E-state index in [1.165, 1.54) is 4.88 Å². The topological polar surface area (TPSA) is 41.1 Å². The van der Waals surface area contributed by atoms with Gasteiger partial charge in [0.05, 0.1) is 6.54 Å². The van der Waals surface area contributed by atoms with Crippen molar-refractivity contribution in [3.05, 3.63) is 20.8 Å². The molecule has 1 rings (SSSR count). The fraction of sp³-hybridized carbons (Fsp3) is 0.500. The summed E-state index contributed by atoms with van der Waals surface area (Å²) in [5.74, 6) is 0.0977. The van der Waals surface area contributed by atoms with Gasteiger partial charge in [-0.25, -0.2) is 0 Å². The van der Waals surface area contributed by atoms with Gasteiger partial charge in [-0.3, -0.25) is 4.79 Å². The minimum absolute atomic E-state index is 0.0977. The first-order chi connectivity index (χ1) is 7.22. The van der Waals surface area contributed by atoms with Crippen molar-refractivity contribution >= 4 is 33.2 Å². The fourth-order valence-electron chi connectivity index (χ4n) is 1.10. The zero-order chi connectivity index (χ0) is 11.1. The molecule has 0 aliphatic carbocycles. The van der Waals surface area contributed by atoms with Crippen LogP contribution in [0.3, 0.4) is 0 Å². The highest BCUT2D eigenvalue weighted by Gasteiger charge is 2.02. The van der Waals surface area contributed by atoms with Crippen LogP contribution in [0.15, 0.2) is 15.9 Å². The van der Waals surface area contributed by atoms with Crippen molar-refractivity contribution in [3.8, 4) is 0 Å². The van der Waals surface area contributed by atoms with E-state index in [0.717, 1.165) is 17.6 Å². The van der Waals surface area contributed by atoms with E-state index in [2.05, 4.69) is 26.6 Å². The highest BCUT2D eigenvalue weighted by Crippen LogP contribution is 2.19. The molecule has 0 atom stereocenters. The van der Waals surface area contributed by atoms with Crippen LogP contribution in [0.4, 0.5) is 0 Å². The maximum Gasteiger partial charge on any atom is 0.221 e. The molecule has 0 aliphatic heterocycles. The second-order valence-electron chi connectivity index (χ2n) is 3.11. The van der Waals surface area contributed by atoms with E-state index in [9.17, 15) is 4.79 Å². The van der Waals surface area contributed by atoms with Crippen LogP contribution in [0.1, 0.15) is 18.2 Å². The first-order valence-electron chi connectivity index (χ1n) is 4.92. The third-order valence-corrected chi connectivity index (χ3v) is 3.56. The Morgan fingerprint density at radius 3 is 3.00 bits per heavy atom. The lowest BCUT2D eigenvalue weighted by molar-refractivity contribution is -0.121. The van der Waals surface area contributed by atoms with E-state index in [4.69, 9.17) is 0 Å². The number of thiophene rings is 1. The molecule has 5 heteroatoms. The van der Waals surface area contributed by atoms with Crippen LogP contribution in [0.25, 0.3) is 0 Å². The lowest BCUT2D eigenvalue weighted by Crippen LogP contribution is -2.26. The van der Waals surface area contributed by atoms with Gasteiger partial charge in [0.15, 0.2) is 0 Å². The lowest BCUT2D eigenvalue weighted by atomic mass is 10.4. The molecular weight excluding hydrogens is 276 g/mol. The molecule has 1 heterocycles. The first kappa shape index (κ1) is 12.7. The van der Waals surface area contributed by atoms with Gasteiger partial charge >= 0.3 is 0 Å². The van der Waals surface area contributed by atoms with Crippen LogP contribution < -0.4 is 10.6 Å². The van der Waals surface area contributed by atoms with Gasteiger partial charge in [0.2, 0.25) is 5.91 Å². The summed E-state index contributed by atoms with van der Waals surface area (Å²) in [6.45, 7) is 4.31. The predicted molar refractivity (Wildman–Crippen MR) is 67.0 cm³/mol. The van der Waals surface area contributed by atoms with Crippen molar-refractivity contribution in [2.24, 2.45) is 0 Å². The third kappa shape index (κ3) is 5.30. The lowest BCUT2D eigenvalue weighted by Gasteiger charge is -2.03. The summed E-state index contributed by atoms with van der Waals surface area (Å²) in [6, 6.07) is 2.02. The Morgan fingerprint density at radius 1 is 1.60 bits per heavy atom. The van der Waals surface area contributed by atoms with Gasteiger partial charge in [-0.05, 0) is 28.5 Å². The molecule has 1 aromatic heterocycles. The molecule has 0 radical (unpaired) electrons. The van der Waals surface area contributed by atoms with Crippen molar-refractivity contribution in [1.82, 2.24) is 10.6 Å². The van der Waals surface area contributed by atoms with Gasteiger partial charge in [-0.1, -0.05) is 6.92 Å². The van der Waals surface area contributed by atoms with Gasteiger partial charge in [0, 0.05) is 27.7 Å². The summed E-state index contributed by atoms with van der Waals surface area (Å²) in [6.07, 6.45) is 0.542. The Hall–Kier alpha value is -0.390. The predicted octanol–water partition coefficient (Wildman–Crippen LogP) is 2.13. The number of carbonyl (C=O) groups excluding carboxylic acids is 1. The molecule has 0 aliphatic rings. The largest absolute Gasteiger partial charge is 0.351 e. The zero-order valence-corrected chi connectivity index (χ0v) is 11.1. The number of nitrogens with one attached hydrogen (secondary N) is 2. The molecule has 2 N–H and O–H groups in total. The molecule has 1 amide bonds. The monoisotopic (exact) mass is 290 g/mol. The van der Waals surface area contributed by atoms with Gasteiger partial charge in [-0.2, -0.15) is 0 Å².